The number of hydrogen-bond acceptors (Lipinski definition) is 5. The van der Waals surface area contributed by atoms with E-state index >= 15 is 0 Å². The standard InChI is InChI=1S/C30H29N3O3S/c1-6-15-32-17-22(23-9-7-8-10-24(23)32)16-25-28(34)33-27(21-13-11-20(12-14-21)18(2)3)26(29(35)36-5)19(4)31-30(33)37-25/h6-14,16-18,27H,1,15H2,2-5H3. The number of esters is 1. The summed E-state index contributed by atoms with van der Waals surface area (Å²) in [6.07, 6.45) is 5.81. The van der Waals surface area contributed by atoms with E-state index in [1.54, 1.807) is 11.5 Å². The van der Waals surface area contributed by atoms with Crippen molar-refractivity contribution in [2.45, 2.75) is 39.3 Å². The SMILES string of the molecule is C=CCn1cc(C=c2sc3n(c2=O)C(c2ccc(C(C)C)cc2)C(C(=O)OC)=C(C)N=3)c2ccccc21. The highest BCUT2D eigenvalue weighted by Gasteiger charge is 2.33. The second kappa shape index (κ2) is 9.82. The molecule has 188 valence electrons. The molecule has 0 aliphatic carbocycles. The molecule has 37 heavy (non-hydrogen) atoms. The van der Waals surface area contributed by atoms with E-state index in [2.05, 4.69) is 54.3 Å². The Bertz CT molecular complexity index is 1730. The molecule has 6 nitrogen and oxygen atoms in total. The molecule has 0 radical (unpaired) electrons. The molecule has 7 heteroatoms. The molecule has 4 aromatic rings. The molecule has 2 aromatic carbocycles. The Morgan fingerprint density at radius 1 is 1.19 bits per heavy atom. The maximum atomic E-state index is 13.9. The van der Waals surface area contributed by atoms with Crippen LogP contribution in [0.1, 0.15) is 49.4 Å². The lowest BCUT2D eigenvalue weighted by atomic mass is 9.93. The van der Waals surface area contributed by atoms with Crippen LogP contribution < -0.4 is 14.9 Å². The second-order valence-corrected chi connectivity index (χ2v) is 10.4. The molecule has 3 heterocycles. The van der Waals surface area contributed by atoms with Crippen LogP contribution >= 0.6 is 11.3 Å². The lowest BCUT2D eigenvalue weighted by Crippen LogP contribution is -2.39. The molecule has 1 aliphatic rings. The van der Waals surface area contributed by atoms with E-state index in [9.17, 15) is 9.59 Å². The number of fused-ring (bicyclic) bond motifs is 2. The molecule has 1 unspecified atom stereocenters. The number of methoxy groups -OCH3 is 1. The Labute approximate surface area is 219 Å². The molecule has 0 amide bonds. The highest BCUT2D eigenvalue weighted by molar-refractivity contribution is 7.07. The maximum absolute atomic E-state index is 13.9. The third kappa shape index (κ3) is 4.29. The minimum atomic E-state index is -0.617. The number of carbonyl (C=O) groups excluding carboxylic acids is 1. The lowest BCUT2D eigenvalue weighted by Gasteiger charge is -2.24. The fourth-order valence-electron chi connectivity index (χ4n) is 4.89. The summed E-state index contributed by atoms with van der Waals surface area (Å²) in [5, 5.41) is 1.06. The van der Waals surface area contributed by atoms with Gasteiger partial charge in [-0.25, -0.2) is 9.79 Å². The van der Waals surface area contributed by atoms with Crippen molar-refractivity contribution in [2.24, 2.45) is 4.99 Å². The third-order valence-electron chi connectivity index (χ3n) is 6.78. The first-order valence-corrected chi connectivity index (χ1v) is 13.0. The Morgan fingerprint density at radius 2 is 1.92 bits per heavy atom. The predicted molar refractivity (Wildman–Crippen MR) is 148 cm³/mol. The van der Waals surface area contributed by atoms with Gasteiger partial charge in [0.05, 0.1) is 29.0 Å². The van der Waals surface area contributed by atoms with Crippen LogP contribution in [-0.2, 0) is 16.1 Å². The van der Waals surface area contributed by atoms with Gasteiger partial charge < -0.3 is 9.30 Å². The third-order valence-corrected chi connectivity index (χ3v) is 7.76. The van der Waals surface area contributed by atoms with Crippen molar-refractivity contribution in [1.29, 1.82) is 0 Å². The summed E-state index contributed by atoms with van der Waals surface area (Å²) in [7, 11) is 1.35. The van der Waals surface area contributed by atoms with Gasteiger partial charge in [0.25, 0.3) is 5.56 Å². The van der Waals surface area contributed by atoms with Crippen molar-refractivity contribution >= 4 is 34.3 Å². The molecule has 2 aromatic heterocycles. The summed E-state index contributed by atoms with van der Waals surface area (Å²) in [5.41, 5.74) is 4.80. The first-order chi connectivity index (χ1) is 17.8. The maximum Gasteiger partial charge on any atom is 0.338 e. The molecule has 0 fully saturated rings. The van der Waals surface area contributed by atoms with Crippen LogP contribution in [0.5, 0.6) is 0 Å². The first-order valence-electron chi connectivity index (χ1n) is 12.2. The number of thiazole rings is 1. The highest BCUT2D eigenvalue weighted by Crippen LogP contribution is 2.31. The van der Waals surface area contributed by atoms with Gasteiger partial charge >= 0.3 is 5.97 Å². The average molecular weight is 512 g/mol. The van der Waals surface area contributed by atoms with E-state index in [0.717, 1.165) is 22.0 Å². The van der Waals surface area contributed by atoms with E-state index in [1.165, 1.54) is 24.0 Å². The van der Waals surface area contributed by atoms with Crippen LogP contribution in [0.3, 0.4) is 0 Å². The van der Waals surface area contributed by atoms with Crippen LogP contribution in [0.25, 0.3) is 17.0 Å². The van der Waals surface area contributed by atoms with Crippen molar-refractivity contribution in [3.63, 3.8) is 0 Å². The molecule has 0 saturated heterocycles. The number of rotatable bonds is 6. The summed E-state index contributed by atoms with van der Waals surface area (Å²) in [6.45, 7) is 10.6. The van der Waals surface area contributed by atoms with Crippen molar-refractivity contribution in [2.75, 3.05) is 7.11 Å². The lowest BCUT2D eigenvalue weighted by molar-refractivity contribution is -0.136. The van der Waals surface area contributed by atoms with Gasteiger partial charge in [-0.1, -0.05) is 73.7 Å². The fourth-order valence-corrected chi connectivity index (χ4v) is 5.93. The van der Waals surface area contributed by atoms with E-state index in [-0.39, 0.29) is 5.56 Å². The number of allylic oxidation sites excluding steroid dienone is 2. The number of carbonyl (C=O) groups is 1. The monoisotopic (exact) mass is 511 g/mol. The van der Waals surface area contributed by atoms with E-state index in [1.807, 2.05) is 42.6 Å². The van der Waals surface area contributed by atoms with Gasteiger partial charge in [-0.05, 0) is 36.1 Å². The predicted octanol–water partition coefficient (Wildman–Crippen LogP) is 4.67. The highest BCUT2D eigenvalue weighted by atomic mass is 32.1. The van der Waals surface area contributed by atoms with Crippen LogP contribution in [0.2, 0.25) is 0 Å². The van der Waals surface area contributed by atoms with Crippen molar-refractivity contribution in [3.8, 4) is 0 Å². The van der Waals surface area contributed by atoms with Gasteiger partial charge in [-0.2, -0.15) is 0 Å². The zero-order valence-corrected chi connectivity index (χ0v) is 22.2. The fraction of sp³-hybridized carbons (Fsp3) is 0.233. The normalized spacial score (nSPS) is 15.7. The molecular formula is C30H29N3O3S. The van der Waals surface area contributed by atoms with Gasteiger partial charge in [-0.3, -0.25) is 9.36 Å². The summed E-state index contributed by atoms with van der Waals surface area (Å²) >= 11 is 1.33. The number of ether oxygens (including phenoxy) is 1. The van der Waals surface area contributed by atoms with Crippen LogP contribution in [0.4, 0.5) is 0 Å². The number of benzene rings is 2. The smallest absolute Gasteiger partial charge is 0.338 e. The van der Waals surface area contributed by atoms with Crippen LogP contribution in [0.15, 0.2) is 88.4 Å². The summed E-state index contributed by atoms with van der Waals surface area (Å²) < 4.78 is 9.42. The van der Waals surface area contributed by atoms with E-state index < -0.39 is 12.0 Å². The van der Waals surface area contributed by atoms with Gasteiger partial charge in [0, 0.05) is 29.2 Å². The van der Waals surface area contributed by atoms with Crippen molar-refractivity contribution < 1.29 is 9.53 Å². The largest absolute Gasteiger partial charge is 0.466 e. The van der Waals surface area contributed by atoms with Crippen LogP contribution in [0, 0.1) is 0 Å². The van der Waals surface area contributed by atoms with Gasteiger partial charge in [0.2, 0.25) is 0 Å². The summed E-state index contributed by atoms with van der Waals surface area (Å²) in [5.74, 6) is -0.113. The van der Waals surface area contributed by atoms with Gasteiger partial charge in [-0.15, -0.1) is 6.58 Å². The molecule has 5 rings (SSSR count). The summed E-state index contributed by atoms with van der Waals surface area (Å²) in [6, 6.07) is 15.6. The quantitative estimate of drug-likeness (QED) is 0.279. The van der Waals surface area contributed by atoms with Gasteiger partial charge in [0.1, 0.15) is 0 Å². The average Bonchev–Trinajstić information content (AvgIpc) is 3.40. The minimum absolute atomic E-state index is 0.184. The van der Waals surface area contributed by atoms with E-state index in [0.29, 0.717) is 33.1 Å². The number of nitrogens with zero attached hydrogens (tertiary/aromatic N) is 3. The molecule has 1 aliphatic heterocycles. The molecular weight excluding hydrogens is 482 g/mol. The second-order valence-electron chi connectivity index (χ2n) is 9.44. The van der Waals surface area contributed by atoms with E-state index in [4.69, 9.17) is 4.74 Å². The molecule has 0 N–H and O–H groups in total. The molecule has 0 saturated carbocycles. The Morgan fingerprint density at radius 3 is 2.59 bits per heavy atom. The van der Waals surface area contributed by atoms with Crippen molar-refractivity contribution in [1.82, 2.24) is 9.13 Å². The van der Waals surface area contributed by atoms with Gasteiger partial charge in [0.15, 0.2) is 4.80 Å². The zero-order valence-electron chi connectivity index (χ0n) is 21.4. The molecule has 0 bridgehead atoms. The number of aromatic nitrogens is 2. The van der Waals surface area contributed by atoms with Crippen molar-refractivity contribution in [3.05, 3.63) is 115 Å². The van der Waals surface area contributed by atoms with Crippen LogP contribution in [-0.4, -0.2) is 22.2 Å². The topological polar surface area (TPSA) is 65.6 Å². The molecule has 1 atom stereocenters. The summed E-state index contributed by atoms with van der Waals surface area (Å²) in [4.78, 5) is 32.0. The minimum Gasteiger partial charge on any atom is -0.466 e. The first kappa shape index (κ1) is 24.7. The Balaban J connectivity index is 1.73. The Kier molecular flexibility index (Phi) is 6.56. The number of para-hydroxylation sites is 1. The Hall–Kier alpha value is -3.97. The molecule has 0 spiro atoms. The number of hydrogen-bond donors (Lipinski definition) is 0. The zero-order chi connectivity index (χ0) is 26.3.